The van der Waals surface area contributed by atoms with Crippen LogP contribution in [0.2, 0.25) is 0 Å². The topological polar surface area (TPSA) is 42.0 Å². The van der Waals surface area contributed by atoms with Gasteiger partial charge < -0.3 is 5.32 Å². The normalized spacial score (nSPS) is 11.2. The van der Waals surface area contributed by atoms with E-state index in [1.54, 1.807) is 36.3 Å². The fourth-order valence-electron chi connectivity index (χ4n) is 2.18. The zero-order chi connectivity index (χ0) is 15.9. The summed E-state index contributed by atoms with van der Waals surface area (Å²) in [5.74, 6) is -0.0451. The van der Waals surface area contributed by atoms with E-state index < -0.39 is 0 Å². The van der Waals surface area contributed by atoms with Gasteiger partial charge in [0, 0.05) is 23.0 Å². The molecule has 1 heterocycles. The quantitative estimate of drug-likeness (QED) is 0.656. The van der Waals surface area contributed by atoms with E-state index in [4.69, 9.17) is 0 Å². The first-order chi connectivity index (χ1) is 11.3. The number of amides is 1. The van der Waals surface area contributed by atoms with Gasteiger partial charge in [0.25, 0.3) is 0 Å². The van der Waals surface area contributed by atoms with Crippen LogP contribution in [-0.4, -0.2) is 10.9 Å². The fourth-order valence-corrected chi connectivity index (χ4v) is 3.22. The molecule has 0 saturated heterocycles. The standard InChI is InChI=1S/C19H16N2OS.ClH/c22-19(21-16-11-13-20-14-12-16)18(15-7-3-1-4-8-15)23-17-9-5-2-6-10-17;/h1-14,18H,(H,20,21,22);1H. The minimum absolute atomic E-state index is 0. The number of nitrogens with one attached hydrogen (secondary N) is 1. The van der Waals surface area contributed by atoms with E-state index in [0.717, 1.165) is 16.1 Å². The van der Waals surface area contributed by atoms with E-state index in [1.165, 1.54) is 0 Å². The predicted molar refractivity (Wildman–Crippen MR) is 102 cm³/mol. The fraction of sp³-hybridized carbons (Fsp3) is 0.0526. The lowest BCUT2D eigenvalue weighted by atomic mass is 10.1. The number of rotatable bonds is 5. The van der Waals surface area contributed by atoms with E-state index in [9.17, 15) is 4.79 Å². The van der Waals surface area contributed by atoms with Crippen LogP contribution in [0.3, 0.4) is 0 Å². The first-order valence-electron chi connectivity index (χ1n) is 7.30. The zero-order valence-electron chi connectivity index (χ0n) is 12.8. The SMILES string of the molecule is Cl.O=C(Nc1ccncc1)C(Sc1ccccc1)c1ccccc1. The van der Waals surface area contributed by atoms with Crippen molar-refractivity contribution in [2.45, 2.75) is 10.1 Å². The Balaban J connectivity index is 0.00000208. The van der Waals surface area contributed by atoms with E-state index in [2.05, 4.69) is 10.3 Å². The van der Waals surface area contributed by atoms with Crippen molar-refractivity contribution in [2.75, 3.05) is 5.32 Å². The van der Waals surface area contributed by atoms with Crippen molar-refractivity contribution in [1.29, 1.82) is 0 Å². The first-order valence-corrected chi connectivity index (χ1v) is 8.18. The van der Waals surface area contributed by atoms with Gasteiger partial charge in [-0.25, -0.2) is 0 Å². The molecule has 1 aromatic heterocycles. The van der Waals surface area contributed by atoms with Crippen LogP contribution in [0.15, 0.2) is 90.1 Å². The highest BCUT2D eigenvalue weighted by Crippen LogP contribution is 2.35. The van der Waals surface area contributed by atoms with Gasteiger partial charge in [-0.1, -0.05) is 48.5 Å². The van der Waals surface area contributed by atoms with Gasteiger partial charge in [0.2, 0.25) is 5.91 Å². The minimum Gasteiger partial charge on any atom is -0.325 e. The molecule has 0 radical (unpaired) electrons. The van der Waals surface area contributed by atoms with E-state index in [1.807, 2.05) is 60.7 Å². The summed E-state index contributed by atoms with van der Waals surface area (Å²) in [5.41, 5.74) is 1.73. The molecule has 1 amide bonds. The van der Waals surface area contributed by atoms with Crippen molar-refractivity contribution in [3.63, 3.8) is 0 Å². The third kappa shape index (κ3) is 4.85. The van der Waals surface area contributed by atoms with Crippen LogP contribution >= 0.6 is 24.2 Å². The second kappa shape index (κ2) is 9.11. The van der Waals surface area contributed by atoms with Gasteiger partial charge in [0.1, 0.15) is 5.25 Å². The summed E-state index contributed by atoms with van der Waals surface area (Å²) in [6.07, 6.45) is 3.33. The molecule has 5 heteroatoms. The maximum Gasteiger partial charge on any atom is 0.242 e. The lowest BCUT2D eigenvalue weighted by Gasteiger charge is -2.17. The summed E-state index contributed by atoms with van der Waals surface area (Å²) in [5, 5.41) is 2.65. The monoisotopic (exact) mass is 356 g/mol. The number of aromatic nitrogens is 1. The van der Waals surface area contributed by atoms with Crippen LogP contribution in [0.25, 0.3) is 0 Å². The van der Waals surface area contributed by atoms with E-state index in [-0.39, 0.29) is 23.6 Å². The molecule has 0 saturated carbocycles. The van der Waals surface area contributed by atoms with Crippen LogP contribution in [0.1, 0.15) is 10.8 Å². The van der Waals surface area contributed by atoms with Crippen LogP contribution in [-0.2, 0) is 4.79 Å². The molecule has 0 aliphatic carbocycles. The second-order valence-corrected chi connectivity index (χ2v) is 6.13. The summed E-state index contributed by atoms with van der Waals surface area (Å²) >= 11 is 1.54. The van der Waals surface area contributed by atoms with Crippen LogP contribution in [0.4, 0.5) is 5.69 Å². The van der Waals surface area contributed by atoms with Gasteiger partial charge >= 0.3 is 0 Å². The number of nitrogens with zero attached hydrogens (tertiary/aromatic N) is 1. The average Bonchev–Trinajstić information content (AvgIpc) is 2.62. The molecule has 1 N–H and O–H groups in total. The largest absolute Gasteiger partial charge is 0.325 e. The first kappa shape index (κ1) is 18.0. The maximum absolute atomic E-state index is 12.8. The van der Waals surface area contributed by atoms with Crippen LogP contribution < -0.4 is 5.32 Å². The highest BCUT2D eigenvalue weighted by molar-refractivity contribution is 8.00. The van der Waals surface area contributed by atoms with E-state index >= 15 is 0 Å². The molecule has 0 spiro atoms. The number of hydrogen-bond acceptors (Lipinski definition) is 3. The number of halogens is 1. The number of carbonyl (C=O) groups excluding carboxylic acids is 1. The number of thioether (sulfide) groups is 1. The molecule has 3 rings (SSSR count). The second-order valence-electron chi connectivity index (χ2n) is 4.95. The predicted octanol–water partition coefficient (Wildman–Crippen LogP) is 4.98. The van der Waals surface area contributed by atoms with Crippen LogP contribution in [0, 0.1) is 0 Å². The molecule has 24 heavy (non-hydrogen) atoms. The maximum atomic E-state index is 12.8. The highest BCUT2D eigenvalue weighted by atomic mass is 35.5. The molecular formula is C19H17ClN2OS. The summed E-state index contributed by atoms with van der Waals surface area (Å²) in [7, 11) is 0. The lowest BCUT2D eigenvalue weighted by Crippen LogP contribution is -2.19. The van der Waals surface area contributed by atoms with Crippen molar-refractivity contribution in [3.8, 4) is 0 Å². The Labute approximate surface area is 151 Å². The van der Waals surface area contributed by atoms with Gasteiger partial charge in [-0.05, 0) is 29.8 Å². The number of hydrogen-bond donors (Lipinski definition) is 1. The van der Waals surface area contributed by atoms with Crippen molar-refractivity contribution >= 4 is 35.8 Å². The molecule has 0 fully saturated rings. The number of carbonyl (C=O) groups is 1. The third-order valence-corrected chi connectivity index (χ3v) is 4.55. The average molecular weight is 357 g/mol. The summed E-state index contributed by atoms with van der Waals surface area (Å²) in [6.45, 7) is 0. The smallest absolute Gasteiger partial charge is 0.242 e. The highest BCUT2D eigenvalue weighted by Gasteiger charge is 2.22. The van der Waals surface area contributed by atoms with Crippen molar-refractivity contribution in [1.82, 2.24) is 4.98 Å². The Morgan fingerprint density at radius 2 is 1.46 bits per heavy atom. The molecule has 2 aromatic carbocycles. The molecular weight excluding hydrogens is 340 g/mol. The lowest BCUT2D eigenvalue weighted by molar-refractivity contribution is -0.115. The minimum atomic E-state index is -0.313. The molecule has 122 valence electrons. The Morgan fingerprint density at radius 1 is 0.875 bits per heavy atom. The molecule has 3 nitrogen and oxygen atoms in total. The Morgan fingerprint density at radius 3 is 2.08 bits per heavy atom. The molecule has 0 aliphatic heterocycles. The van der Waals surface area contributed by atoms with Gasteiger partial charge in [-0.3, -0.25) is 9.78 Å². The Bertz CT molecular complexity index is 754. The van der Waals surface area contributed by atoms with Crippen molar-refractivity contribution in [2.24, 2.45) is 0 Å². The zero-order valence-corrected chi connectivity index (χ0v) is 14.5. The Hall–Kier alpha value is -2.30. The summed E-state index contributed by atoms with van der Waals surface area (Å²) in [4.78, 5) is 17.8. The van der Waals surface area contributed by atoms with Gasteiger partial charge in [-0.15, -0.1) is 24.2 Å². The molecule has 0 aliphatic rings. The molecule has 3 aromatic rings. The van der Waals surface area contributed by atoms with Crippen molar-refractivity contribution in [3.05, 3.63) is 90.8 Å². The number of anilines is 1. The van der Waals surface area contributed by atoms with Crippen LogP contribution in [0.5, 0.6) is 0 Å². The molecule has 1 atom stereocenters. The summed E-state index contributed by atoms with van der Waals surface area (Å²) < 4.78 is 0. The van der Waals surface area contributed by atoms with Gasteiger partial charge in [-0.2, -0.15) is 0 Å². The molecule has 1 unspecified atom stereocenters. The summed E-state index contributed by atoms with van der Waals surface area (Å²) in [6, 6.07) is 23.3. The van der Waals surface area contributed by atoms with Crippen molar-refractivity contribution < 1.29 is 4.79 Å². The van der Waals surface area contributed by atoms with Gasteiger partial charge in [0.15, 0.2) is 0 Å². The third-order valence-electron chi connectivity index (χ3n) is 3.29. The van der Waals surface area contributed by atoms with E-state index in [0.29, 0.717) is 0 Å². The number of pyridine rings is 1. The number of benzene rings is 2. The Kier molecular flexibility index (Phi) is 6.85. The van der Waals surface area contributed by atoms with Gasteiger partial charge in [0.05, 0.1) is 0 Å². The molecule has 0 bridgehead atoms.